The number of fused-ring (bicyclic) bond motifs is 2. The van der Waals surface area contributed by atoms with Gasteiger partial charge in [0.1, 0.15) is 18.9 Å². The number of halogens is 1. The van der Waals surface area contributed by atoms with Crippen molar-refractivity contribution in [3.05, 3.63) is 65.9 Å². The van der Waals surface area contributed by atoms with Crippen molar-refractivity contribution in [2.24, 2.45) is 0 Å². The molecular weight excluding hydrogens is 568 g/mol. The molecule has 0 amide bonds. The number of pyridine rings is 1. The van der Waals surface area contributed by atoms with Crippen LogP contribution >= 0.6 is 0 Å². The zero-order valence-corrected chi connectivity index (χ0v) is 24.8. The third kappa shape index (κ3) is 12.2. The van der Waals surface area contributed by atoms with Crippen LogP contribution in [-0.4, -0.2) is 73.1 Å². The number of likely N-dealkylation sites (N-methyl/N-ethyl adjacent to an activating group) is 1. The van der Waals surface area contributed by atoms with Crippen molar-refractivity contribution in [1.29, 1.82) is 0 Å². The Morgan fingerprint density at radius 1 is 0.762 bits per heavy atom. The van der Waals surface area contributed by atoms with Gasteiger partial charge < -0.3 is 28.6 Å². The second-order valence-electron chi connectivity index (χ2n) is 9.22. The van der Waals surface area contributed by atoms with Crippen LogP contribution in [0.3, 0.4) is 0 Å². The van der Waals surface area contributed by atoms with Gasteiger partial charge in [-0.2, -0.15) is 4.57 Å². The van der Waals surface area contributed by atoms with Crippen LogP contribution in [0.25, 0.3) is 23.1 Å². The molecule has 0 radical (unpaired) electrons. The van der Waals surface area contributed by atoms with Gasteiger partial charge in [-0.3, -0.25) is 0 Å². The molecule has 230 valence electrons. The van der Waals surface area contributed by atoms with E-state index in [1.54, 1.807) is 0 Å². The largest absolute Gasteiger partial charge is 0.489 e. The third-order valence-electron chi connectivity index (χ3n) is 6.30. The fourth-order valence-corrected chi connectivity index (χ4v) is 4.32. The number of ether oxygens (including phenoxy) is 5. The van der Waals surface area contributed by atoms with Crippen LogP contribution < -0.4 is 32.8 Å². The average Bonchev–Trinajstić information content (AvgIpc) is 2.96. The quantitative estimate of drug-likeness (QED) is 0.356. The van der Waals surface area contributed by atoms with Crippen molar-refractivity contribution in [3.63, 3.8) is 0 Å². The molecular formula is C30H39ClN2O9. The Morgan fingerprint density at radius 2 is 1.36 bits per heavy atom. The van der Waals surface area contributed by atoms with Crippen molar-refractivity contribution < 1.29 is 57.1 Å². The van der Waals surface area contributed by atoms with E-state index in [0.29, 0.717) is 59.5 Å². The lowest BCUT2D eigenvalue weighted by atomic mass is 10.1. The van der Waals surface area contributed by atoms with Crippen molar-refractivity contribution in [1.82, 2.24) is 0 Å². The summed E-state index contributed by atoms with van der Waals surface area (Å²) in [5.74, 6) is 0.829. The average molecular weight is 607 g/mol. The highest BCUT2D eigenvalue weighted by atomic mass is 35.7. The summed E-state index contributed by atoms with van der Waals surface area (Å²) in [7, 11) is -2.89. The fraction of sp³-hybridized carbons (Fsp3) is 0.433. The van der Waals surface area contributed by atoms with Gasteiger partial charge in [-0.05, 0) is 42.8 Å². The van der Waals surface area contributed by atoms with E-state index in [9.17, 15) is 0 Å². The minimum absolute atomic E-state index is 0.466. The third-order valence-corrected chi connectivity index (χ3v) is 6.30. The normalized spacial score (nSPS) is 16.6. The molecule has 0 spiro atoms. The van der Waals surface area contributed by atoms with Gasteiger partial charge in [-0.15, -0.1) is 10.2 Å². The van der Waals surface area contributed by atoms with Crippen LogP contribution in [0.2, 0.25) is 0 Å². The maximum atomic E-state index is 8.49. The first kappa shape index (κ1) is 33.7. The Bertz CT molecular complexity index is 1250. The number of aryl methyl sites for hydroxylation is 1. The molecule has 1 aliphatic heterocycles. The second kappa shape index (κ2) is 18.0. The lowest BCUT2D eigenvalue weighted by Crippen LogP contribution is -2.68. The summed E-state index contributed by atoms with van der Waals surface area (Å²) >= 11 is 0. The number of hydrogen-bond donors (Lipinski definition) is 0. The van der Waals surface area contributed by atoms with Crippen LogP contribution in [0.5, 0.6) is 5.75 Å². The van der Waals surface area contributed by atoms with Crippen LogP contribution in [0.1, 0.15) is 18.2 Å². The van der Waals surface area contributed by atoms with Gasteiger partial charge in [0, 0.05) is 37.2 Å². The summed E-state index contributed by atoms with van der Waals surface area (Å²) in [5.41, 5.74) is 4.50. The van der Waals surface area contributed by atoms with Gasteiger partial charge in [0.2, 0.25) is 11.2 Å². The van der Waals surface area contributed by atoms with Gasteiger partial charge in [0.15, 0.2) is 0 Å². The van der Waals surface area contributed by atoms with Crippen LogP contribution in [0, 0.1) is 10.2 Å². The Kier molecular flexibility index (Phi) is 14.4. The molecule has 0 N–H and O–H groups in total. The number of rotatable bonds is 3. The number of para-hydroxylation sites is 1. The molecule has 0 saturated carbocycles. The summed E-state index contributed by atoms with van der Waals surface area (Å²) in [6.07, 6.45) is 4.31. The monoisotopic (exact) mass is 606 g/mol. The molecule has 0 atom stereocenters. The molecule has 0 bridgehead atoms. The highest BCUT2D eigenvalue weighted by Gasteiger charge is 2.13. The standard InChI is InChI=1S/C30H39N2O5.ClHO4/c1-3-32-27(12-10-26-6-4-5-7-28(26)32)11-8-25-9-13-29-30(24-25)37-23-22-36-21-20-35-19-18-34-17-16-33-15-14-31(29)2;2-1(3,4)5/h4-13,24H,3,14-23H2,1-2H3;(H,2,3,4,5)/q+1;/p-1. The summed E-state index contributed by atoms with van der Waals surface area (Å²) in [6.45, 7) is 8.73. The zero-order valence-electron chi connectivity index (χ0n) is 24.1. The van der Waals surface area contributed by atoms with E-state index < -0.39 is 10.2 Å². The molecule has 1 aromatic heterocycles. The second-order valence-corrected chi connectivity index (χ2v) is 9.98. The summed E-state index contributed by atoms with van der Waals surface area (Å²) in [4.78, 5) is 2.16. The summed E-state index contributed by atoms with van der Waals surface area (Å²) < 4.78 is 65.0. The Hall–Kier alpha value is -2.84. The van der Waals surface area contributed by atoms with E-state index in [1.807, 2.05) is 0 Å². The van der Waals surface area contributed by atoms with Crippen LogP contribution in [0.4, 0.5) is 5.69 Å². The lowest BCUT2D eigenvalue weighted by molar-refractivity contribution is -2.00. The van der Waals surface area contributed by atoms with E-state index in [0.717, 1.165) is 35.8 Å². The molecule has 2 heterocycles. The summed E-state index contributed by atoms with van der Waals surface area (Å²) in [6, 6.07) is 19.2. The number of anilines is 1. The Labute approximate surface area is 248 Å². The number of nitrogens with zero attached hydrogens (tertiary/aromatic N) is 2. The first-order chi connectivity index (χ1) is 20.3. The number of benzene rings is 2. The van der Waals surface area contributed by atoms with Crippen LogP contribution in [-0.2, 0) is 25.5 Å². The predicted octanol–water partition coefficient (Wildman–Crippen LogP) is -0.543. The molecule has 4 rings (SSSR count). The molecule has 3 aromatic rings. The summed E-state index contributed by atoms with van der Waals surface area (Å²) in [5, 5.41) is 1.24. The number of aromatic nitrogens is 1. The van der Waals surface area contributed by atoms with E-state index in [2.05, 4.69) is 90.2 Å². The number of hydrogen-bond acceptors (Lipinski definition) is 10. The molecule has 1 aliphatic rings. The maximum absolute atomic E-state index is 8.49. The molecule has 0 unspecified atom stereocenters. The van der Waals surface area contributed by atoms with Crippen molar-refractivity contribution >= 4 is 28.7 Å². The zero-order chi connectivity index (χ0) is 30.2. The minimum Gasteiger partial charge on any atom is -0.489 e. The predicted molar refractivity (Wildman–Crippen MR) is 147 cm³/mol. The molecule has 12 heteroatoms. The molecule has 0 saturated heterocycles. The van der Waals surface area contributed by atoms with Crippen molar-refractivity contribution in [2.45, 2.75) is 13.5 Å². The van der Waals surface area contributed by atoms with E-state index in [1.165, 1.54) is 10.9 Å². The maximum Gasteiger partial charge on any atom is 0.212 e. The molecule has 2 aromatic carbocycles. The smallest absolute Gasteiger partial charge is 0.212 e. The van der Waals surface area contributed by atoms with Gasteiger partial charge >= 0.3 is 0 Å². The first-order valence-corrected chi connectivity index (χ1v) is 15.0. The minimum atomic E-state index is -4.94. The van der Waals surface area contributed by atoms with E-state index in [4.69, 9.17) is 42.3 Å². The highest BCUT2D eigenvalue weighted by molar-refractivity contribution is 5.77. The Morgan fingerprint density at radius 3 is 2.00 bits per heavy atom. The Balaban J connectivity index is 0.000000892. The highest BCUT2D eigenvalue weighted by Crippen LogP contribution is 2.30. The van der Waals surface area contributed by atoms with Crippen LogP contribution in [0.15, 0.2) is 54.6 Å². The van der Waals surface area contributed by atoms with Gasteiger partial charge in [-0.1, -0.05) is 18.2 Å². The molecule has 0 fully saturated rings. The van der Waals surface area contributed by atoms with E-state index in [-0.39, 0.29) is 0 Å². The lowest BCUT2D eigenvalue weighted by Gasteiger charge is -2.23. The fourth-order valence-electron chi connectivity index (χ4n) is 4.32. The van der Waals surface area contributed by atoms with Gasteiger partial charge in [0.05, 0.1) is 58.5 Å². The van der Waals surface area contributed by atoms with Gasteiger partial charge in [0.25, 0.3) is 0 Å². The van der Waals surface area contributed by atoms with Crippen molar-refractivity contribution in [3.8, 4) is 5.75 Å². The molecule has 0 aliphatic carbocycles. The van der Waals surface area contributed by atoms with Crippen molar-refractivity contribution in [2.75, 3.05) is 78.0 Å². The molecule has 42 heavy (non-hydrogen) atoms. The topological polar surface area (TPSA) is 146 Å². The van der Waals surface area contributed by atoms with Gasteiger partial charge in [-0.25, -0.2) is 18.6 Å². The first-order valence-electron chi connectivity index (χ1n) is 13.8. The SMILES string of the molecule is CC[n+]1c(/C=C/c2ccc3c(c2)OCCOCCOCCOCCOCCN3C)ccc2ccccc21.[O-][Cl+3]([O-])([O-])[O-]. The molecule has 11 nitrogen and oxygen atoms in total. The van der Waals surface area contributed by atoms with E-state index >= 15 is 0 Å².